The van der Waals surface area contributed by atoms with Gasteiger partial charge in [0.15, 0.2) is 5.69 Å². The molecule has 3 N–H and O–H groups in total. The minimum absolute atomic E-state index is 0.0198. The molecule has 0 aromatic carbocycles. The zero-order chi connectivity index (χ0) is 20.0. The monoisotopic (exact) mass is 390 g/mol. The van der Waals surface area contributed by atoms with E-state index < -0.39 is 11.2 Å². The fraction of sp³-hybridized carbons (Fsp3) is 0.421. The number of thiophene rings is 1. The first-order valence-corrected chi connectivity index (χ1v) is 9.88. The van der Waals surface area contributed by atoms with E-state index in [4.69, 9.17) is 5.73 Å². The summed E-state index contributed by atoms with van der Waals surface area (Å²) >= 11 is 1.51. The number of aromatic amines is 1. The van der Waals surface area contributed by atoms with Crippen LogP contribution in [0.15, 0.2) is 33.2 Å². The van der Waals surface area contributed by atoms with Gasteiger partial charge in [0, 0.05) is 24.0 Å². The molecule has 146 valence electrons. The number of hydrogen-bond donors (Lipinski definition) is 2. The minimum Gasteiger partial charge on any atom is -0.383 e. The molecule has 0 spiro atoms. The first-order chi connectivity index (χ1) is 12.8. The fourth-order valence-electron chi connectivity index (χ4n) is 2.66. The van der Waals surface area contributed by atoms with Crippen molar-refractivity contribution in [1.82, 2.24) is 9.55 Å². The molecule has 0 aliphatic rings. The predicted octanol–water partition coefficient (Wildman–Crippen LogP) is 2.68. The molecule has 0 aliphatic carbocycles. The average molecular weight is 391 g/mol. The number of hydrogen-bond acceptors (Lipinski definition) is 5. The van der Waals surface area contributed by atoms with Crippen LogP contribution in [0.3, 0.4) is 0 Å². The second kappa shape index (κ2) is 9.36. The Labute approximate surface area is 162 Å². The van der Waals surface area contributed by atoms with E-state index in [1.54, 1.807) is 6.08 Å². The van der Waals surface area contributed by atoms with Crippen LogP contribution in [0.1, 0.15) is 38.5 Å². The van der Waals surface area contributed by atoms with Gasteiger partial charge in [-0.2, -0.15) is 0 Å². The van der Waals surface area contributed by atoms with Crippen molar-refractivity contribution in [1.29, 1.82) is 0 Å². The van der Waals surface area contributed by atoms with Gasteiger partial charge in [0.1, 0.15) is 5.82 Å². The summed E-state index contributed by atoms with van der Waals surface area (Å²) in [7, 11) is 0. The van der Waals surface area contributed by atoms with Gasteiger partial charge in [-0.1, -0.05) is 33.3 Å². The molecule has 2 heterocycles. The molecule has 0 saturated carbocycles. The second-order valence-corrected chi connectivity index (χ2v) is 7.67. The molecule has 0 unspecified atom stereocenters. The largest absolute Gasteiger partial charge is 0.383 e. The Bertz CT molecular complexity index is 910. The van der Waals surface area contributed by atoms with E-state index in [0.717, 1.165) is 11.3 Å². The topological polar surface area (TPSA) is 101 Å². The lowest BCUT2D eigenvalue weighted by Crippen LogP contribution is -2.41. The highest BCUT2D eigenvalue weighted by Crippen LogP contribution is 2.19. The molecule has 8 heteroatoms. The van der Waals surface area contributed by atoms with E-state index >= 15 is 0 Å². The summed E-state index contributed by atoms with van der Waals surface area (Å²) in [4.78, 5) is 42.0. The summed E-state index contributed by atoms with van der Waals surface area (Å²) in [6, 6.07) is 3.79. The molecule has 1 amide bonds. The Morgan fingerprint density at radius 2 is 2.15 bits per heavy atom. The first-order valence-electron chi connectivity index (χ1n) is 9.00. The predicted molar refractivity (Wildman–Crippen MR) is 111 cm³/mol. The van der Waals surface area contributed by atoms with Gasteiger partial charge in [-0.25, -0.2) is 4.79 Å². The Hall–Kier alpha value is -2.61. The number of aromatic nitrogens is 2. The van der Waals surface area contributed by atoms with Crippen molar-refractivity contribution in [3.63, 3.8) is 0 Å². The number of nitrogen functional groups attached to an aromatic ring is 1. The fourth-order valence-corrected chi connectivity index (χ4v) is 3.28. The average Bonchev–Trinajstić information content (AvgIpc) is 3.12. The van der Waals surface area contributed by atoms with Crippen LogP contribution < -0.4 is 21.9 Å². The highest BCUT2D eigenvalue weighted by molar-refractivity contribution is 7.10. The second-order valence-electron chi connectivity index (χ2n) is 6.69. The summed E-state index contributed by atoms with van der Waals surface area (Å²) in [6.07, 6.45) is 4.70. The quantitative estimate of drug-likeness (QED) is 0.677. The lowest BCUT2D eigenvalue weighted by Gasteiger charge is -2.23. The molecule has 0 atom stereocenters. The SMILES string of the molecule is CCCCN(C(=O)C=Cc1cccs1)c1c(N)n(CC(C)C)c(=O)[nH]c1=O. The maximum absolute atomic E-state index is 12.8. The van der Waals surface area contributed by atoms with Crippen molar-refractivity contribution in [3.8, 4) is 0 Å². The van der Waals surface area contributed by atoms with Crippen molar-refractivity contribution < 1.29 is 4.79 Å². The highest BCUT2D eigenvalue weighted by atomic mass is 32.1. The standard InChI is InChI=1S/C19H26N4O3S/c1-4-5-10-22(15(24)9-8-14-7-6-11-27-14)16-17(20)23(12-13(2)3)19(26)21-18(16)25/h6-9,11,13H,4-5,10,12,20H2,1-3H3,(H,21,25,26). The van der Waals surface area contributed by atoms with Crippen LogP contribution in [-0.2, 0) is 11.3 Å². The van der Waals surface area contributed by atoms with Crippen LogP contribution in [0.2, 0.25) is 0 Å². The van der Waals surface area contributed by atoms with E-state index in [9.17, 15) is 14.4 Å². The number of nitrogens with two attached hydrogens (primary N) is 1. The number of nitrogens with one attached hydrogen (secondary N) is 1. The maximum atomic E-state index is 12.8. The van der Waals surface area contributed by atoms with Crippen molar-refractivity contribution in [2.45, 2.75) is 40.2 Å². The molecule has 2 aromatic rings. The van der Waals surface area contributed by atoms with E-state index in [2.05, 4.69) is 4.98 Å². The summed E-state index contributed by atoms with van der Waals surface area (Å²) in [5.41, 5.74) is 4.98. The number of rotatable bonds is 8. The third-order valence-electron chi connectivity index (χ3n) is 3.97. The van der Waals surface area contributed by atoms with Crippen molar-refractivity contribution in [3.05, 3.63) is 49.3 Å². The summed E-state index contributed by atoms with van der Waals surface area (Å²) in [5.74, 6) is -0.169. The number of unbranched alkanes of at least 4 members (excludes halogenated alkanes) is 1. The first kappa shape index (κ1) is 20.7. The molecule has 2 rings (SSSR count). The van der Waals surface area contributed by atoms with Gasteiger partial charge >= 0.3 is 5.69 Å². The summed E-state index contributed by atoms with van der Waals surface area (Å²) in [5, 5.41) is 1.92. The van der Waals surface area contributed by atoms with Crippen LogP contribution in [0.5, 0.6) is 0 Å². The van der Waals surface area contributed by atoms with Crippen LogP contribution in [0.4, 0.5) is 11.5 Å². The smallest absolute Gasteiger partial charge is 0.330 e. The van der Waals surface area contributed by atoms with Gasteiger partial charge < -0.3 is 10.6 Å². The minimum atomic E-state index is -0.647. The van der Waals surface area contributed by atoms with E-state index in [1.165, 1.54) is 26.9 Å². The van der Waals surface area contributed by atoms with Crippen molar-refractivity contribution in [2.75, 3.05) is 17.2 Å². The zero-order valence-electron chi connectivity index (χ0n) is 15.9. The van der Waals surface area contributed by atoms with Crippen molar-refractivity contribution >= 4 is 34.8 Å². The zero-order valence-corrected chi connectivity index (χ0v) is 16.7. The van der Waals surface area contributed by atoms with Gasteiger partial charge in [0.05, 0.1) is 0 Å². The number of H-pyrrole nitrogens is 1. The van der Waals surface area contributed by atoms with Gasteiger partial charge in [-0.3, -0.25) is 19.1 Å². The molecular formula is C19H26N4O3S. The summed E-state index contributed by atoms with van der Waals surface area (Å²) < 4.78 is 1.32. The maximum Gasteiger partial charge on any atom is 0.330 e. The summed E-state index contributed by atoms with van der Waals surface area (Å²) in [6.45, 7) is 6.59. The number of amides is 1. The van der Waals surface area contributed by atoms with Gasteiger partial charge in [0.2, 0.25) is 0 Å². The van der Waals surface area contributed by atoms with Crippen LogP contribution in [0, 0.1) is 5.92 Å². The number of nitrogens with zero attached hydrogens (tertiary/aromatic N) is 2. The Kier molecular flexibility index (Phi) is 7.18. The molecule has 0 saturated heterocycles. The van der Waals surface area contributed by atoms with Gasteiger partial charge in [-0.15, -0.1) is 11.3 Å². The van der Waals surface area contributed by atoms with E-state index in [1.807, 2.05) is 38.3 Å². The molecule has 7 nitrogen and oxygen atoms in total. The number of carbonyl (C=O) groups is 1. The number of anilines is 2. The van der Waals surface area contributed by atoms with Crippen LogP contribution in [0.25, 0.3) is 6.08 Å². The van der Waals surface area contributed by atoms with Crippen LogP contribution >= 0.6 is 11.3 Å². The number of carbonyl (C=O) groups excluding carboxylic acids is 1. The normalized spacial score (nSPS) is 11.4. The molecule has 0 aliphatic heterocycles. The van der Waals surface area contributed by atoms with E-state index in [-0.39, 0.29) is 23.3 Å². The molecule has 0 radical (unpaired) electrons. The highest BCUT2D eigenvalue weighted by Gasteiger charge is 2.22. The molecule has 2 aromatic heterocycles. The Morgan fingerprint density at radius 3 is 2.74 bits per heavy atom. The van der Waals surface area contributed by atoms with Gasteiger partial charge in [0.25, 0.3) is 11.5 Å². The molecule has 0 bridgehead atoms. The lowest BCUT2D eigenvalue weighted by atomic mass is 10.2. The lowest BCUT2D eigenvalue weighted by molar-refractivity contribution is -0.114. The third-order valence-corrected chi connectivity index (χ3v) is 4.80. The third kappa shape index (κ3) is 5.19. The molecule has 27 heavy (non-hydrogen) atoms. The van der Waals surface area contributed by atoms with Gasteiger partial charge in [-0.05, 0) is 29.9 Å². The van der Waals surface area contributed by atoms with E-state index in [0.29, 0.717) is 19.5 Å². The molecular weight excluding hydrogens is 364 g/mol. The Morgan fingerprint density at radius 1 is 1.41 bits per heavy atom. The van der Waals surface area contributed by atoms with Crippen LogP contribution in [-0.4, -0.2) is 22.0 Å². The Balaban J connectivity index is 2.48. The molecule has 0 fully saturated rings. The van der Waals surface area contributed by atoms with Crippen molar-refractivity contribution in [2.24, 2.45) is 5.92 Å².